The van der Waals surface area contributed by atoms with Crippen molar-refractivity contribution in [1.29, 1.82) is 0 Å². The van der Waals surface area contributed by atoms with Crippen LogP contribution < -0.4 is 5.32 Å². The molecular formula is C16H20N4O. The Labute approximate surface area is 124 Å². The molecule has 2 heterocycles. The zero-order chi connectivity index (χ0) is 14.7. The van der Waals surface area contributed by atoms with Crippen LogP contribution in [0.2, 0.25) is 0 Å². The average molecular weight is 284 g/mol. The average Bonchev–Trinajstić information content (AvgIpc) is 3.10. The molecule has 0 fully saturated rings. The lowest BCUT2D eigenvalue weighted by Crippen LogP contribution is -2.19. The number of hydrogen-bond acceptors (Lipinski definition) is 4. The quantitative estimate of drug-likeness (QED) is 0.756. The van der Waals surface area contributed by atoms with Gasteiger partial charge < -0.3 is 14.4 Å². The Hall–Kier alpha value is -2.14. The molecule has 5 nitrogen and oxygen atoms in total. The van der Waals surface area contributed by atoms with Crippen molar-refractivity contribution in [3.63, 3.8) is 0 Å². The minimum atomic E-state index is 0.628. The van der Waals surface area contributed by atoms with Gasteiger partial charge >= 0.3 is 0 Å². The lowest BCUT2D eigenvalue weighted by atomic mass is 10.1. The SMILES string of the molecule is CC(C)CNCc1cccc2c1ccn2Cc1ncon1. The van der Waals surface area contributed by atoms with Gasteiger partial charge in [0.25, 0.3) is 0 Å². The van der Waals surface area contributed by atoms with Gasteiger partial charge in [0.15, 0.2) is 5.82 Å². The van der Waals surface area contributed by atoms with Gasteiger partial charge in [0, 0.05) is 23.6 Å². The summed E-state index contributed by atoms with van der Waals surface area (Å²) in [7, 11) is 0. The second kappa shape index (κ2) is 6.10. The number of benzene rings is 1. The van der Waals surface area contributed by atoms with E-state index in [0.717, 1.165) is 13.1 Å². The van der Waals surface area contributed by atoms with Gasteiger partial charge in [-0.1, -0.05) is 31.1 Å². The topological polar surface area (TPSA) is 55.9 Å². The van der Waals surface area contributed by atoms with Crippen LogP contribution in [-0.4, -0.2) is 21.3 Å². The van der Waals surface area contributed by atoms with Crippen molar-refractivity contribution in [2.45, 2.75) is 26.9 Å². The summed E-state index contributed by atoms with van der Waals surface area (Å²) in [6.07, 6.45) is 3.44. The number of fused-ring (bicyclic) bond motifs is 1. The predicted molar refractivity (Wildman–Crippen MR) is 81.9 cm³/mol. The first-order valence-corrected chi connectivity index (χ1v) is 7.26. The predicted octanol–water partition coefficient (Wildman–Crippen LogP) is 2.82. The molecule has 0 aliphatic rings. The Morgan fingerprint density at radius 3 is 2.95 bits per heavy atom. The third-order valence-electron chi connectivity index (χ3n) is 3.49. The summed E-state index contributed by atoms with van der Waals surface area (Å²) in [5.41, 5.74) is 2.52. The third kappa shape index (κ3) is 3.13. The molecule has 0 radical (unpaired) electrons. The lowest BCUT2D eigenvalue weighted by Gasteiger charge is -2.09. The first kappa shape index (κ1) is 13.8. The van der Waals surface area contributed by atoms with E-state index in [1.165, 1.54) is 22.9 Å². The van der Waals surface area contributed by atoms with Crippen LogP contribution in [0, 0.1) is 5.92 Å². The number of hydrogen-bond donors (Lipinski definition) is 1. The minimum absolute atomic E-state index is 0.628. The molecule has 0 aliphatic carbocycles. The van der Waals surface area contributed by atoms with E-state index in [9.17, 15) is 0 Å². The molecule has 0 saturated heterocycles. The molecule has 0 bridgehead atoms. The molecule has 1 N–H and O–H groups in total. The van der Waals surface area contributed by atoms with Crippen LogP contribution in [0.1, 0.15) is 25.2 Å². The van der Waals surface area contributed by atoms with Gasteiger partial charge in [-0.05, 0) is 30.2 Å². The summed E-state index contributed by atoms with van der Waals surface area (Å²) in [6, 6.07) is 8.55. The van der Waals surface area contributed by atoms with Crippen molar-refractivity contribution < 1.29 is 4.52 Å². The molecule has 110 valence electrons. The molecular weight excluding hydrogens is 264 g/mol. The van der Waals surface area contributed by atoms with E-state index in [1.807, 2.05) is 0 Å². The normalized spacial score (nSPS) is 11.6. The standard InChI is InChI=1S/C16H20N4O/c1-12(2)8-17-9-13-4-3-5-15-14(13)6-7-20(15)10-16-18-11-21-19-16/h3-7,11-12,17H,8-10H2,1-2H3. The molecule has 2 aromatic heterocycles. The van der Waals surface area contributed by atoms with Crippen LogP contribution in [0.3, 0.4) is 0 Å². The highest BCUT2D eigenvalue weighted by Crippen LogP contribution is 2.21. The molecule has 0 aliphatic heterocycles. The molecule has 0 unspecified atom stereocenters. The highest BCUT2D eigenvalue weighted by atomic mass is 16.5. The fraction of sp³-hybridized carbons (Fsp3) is 0.375. The Morgan fingerprint density at radius 2 is 2.19 bits per heavy atom. The third-order valence-corrected chi connectivity index (χ3v) is 3.49. The summed E-state index contributed by atoms with van der Waals surface area (Å²) in [4.78, 5) is 4.08. The van der Waals surface area contributed by atoms with Crippen molar-refractivity contribution >= 4 is 10.9 Å². The van der Waals surface area contributed by atoms with E-state index < -0.39 is 0 Å². The highest BCUT2D eigenvalue weighted by molar-refractivity contribution is 5.83. The van der Waals surface area contributed by atoms with E-state index in [2.05, 4.69) is 64.3 Å². The van der Waals surface area contributed by atoms with Gasteiger partial charge in [0.2, 0.25) is 6.39 Å². The molecule has 21 heavy (non-hydrogen) atoms. The molecule has 0 saturated carbocycles. The smallest absolute Gasteiger partial charge is 0.213 e. The summed E-state index contributed by atoms with van der Waals surface area (Å²) in [5.74, 6) is 1.35. The van der Waals surface area contributed by atoms with E-state index in [0.29, 0.717) is 18.3 Å². The summed E-state index contributed by atoms with van der Waals surface area (Å²) >= 11 is 0. The lowest BCUT2D eigenvalue weighted by molar-refractivity contribution is 0.408. The molecule has 0 amide bonds. The monoisotopic (exact) mass is 284 g/mol. The van der Waals surface area contributed by atoms with Crippen molar-refractivity contribution in [3.8, 4) is 0 Å². The van der Waals surface area contributed by atoms with Crippen molar-refractivity contribution in [3.05, 3.63) is 48.2 Å². The van der Waals surface area contributed by atoms with Gasteiger partial charge in [-0.15, -0.1) is 0 Å². The zero-order valence-electron chi connectivity index (χ0n) is 12.4. The molecule has 0 spiro atoms. The van der Waals surface area contributed by atoms with E-state index in [4.69, 9.17) is 4.52 Å². The first-order chi connectivity index (χ1) is 10.2. The molecule has 1 aromatic carbocycles. The van der Waals surface area contributed by atoms with E-state index in [-0.39, 0.29) is 0 Å². The molecule has 3 aromatic rings. The summed E-state index contributed by atoms with van der Waals surface area (Å²) < 4.78 is 6.94. The highest BCUT2D eigenvalue weighted by Gasteiger charge is 2.07. The van der Waals surface area contributed by atoms with Gasteiger partial charge in [-0.3, -0.25) is 0 Å². The van der Waals surface area contributed by atoms with Crippen molar-refractivity contribution in [2.24, 2.45) is 5.92 Å². The number of rotatable bonds is 6. The van der Waals surface area contributed by atoms with Crippen LogP contribution in [0.25, 0.3) is 10.9 Å². The fourth-order valence-electron chi connectivity index (χ4n) is 2.49. The maximum Gasteiger partial charge on any atom is 0.213 e. The Bertz CT molecular complexity index is 700. The van der Waals surface area contributed by atoms with Gasteiger partial charge in [0.05, 0.1) is 6.54 Å². The summed E-state index contributed by atoms with van der Waals surface area (Å²) in [5, 5.41) is 8.64. The second-order valence-corrected chi connectivity index (χ2v) is 5.67. The zero-order valence-corrected chi connectivity index (χ0v) is 12.4. The second-order valence-electron chi connectivity index (χ2n) is 5.67. The maximum atomic E-state index is 4.79. The molecule has 5 heteroatoms. The number of nitrogens with zero attached hydrogens (tertiary/aromatic N) is 3. The summed E-state index contributed by atoms with van der Waals surface area (Å²) in [6.45, 7) is 6.98. The van der Waals surface area contributed by atoms with Crippen molar-refractivity contribution in [2.75, 3.05) is 6.54 Å². The van der Waals surface area contributed by atoms with E-state index in [1.54, 1.807) is 0 Å². The minimum Gasteiger partial charge on any atom is -0.343 e. The first-order valence-electron chi connectivity index (χ1n) is 7.26. The van der Waals surface area contributed by atoms with Gasteiger partial charge in [0.1, 0.15) is 0 Å². The van der Waals surface area contributed by atoms with E-state index >= 15 is 0 Å². The Kier molecular flexibility index (Phi) is 4.01. The van der Waals surface area contributed by atoms with Crippen LogP contribution in [-0.2, 0) is 13.1 Å². The molecule has 0 atom stereocenters. The number of aromatic nitrogens is 3. The number of nitrogens with one attached hydrogen (secondary N) is 1. The van der Waals surface area contributed by atoms with Crippen LogP contribution in [0.15, 0.2) is 41.4 Å². The Balaban J connectivity index is 1.82. The largest absolute Gasteiger partial charge is 0.343 e. The van der Waals surface area contributed by atoms with Crippen molar-refractivity contribution in [1.82, 2.24) is 20.0 Å². The van der Waals surface area contributed by atoms with Crippen LogP contribution in [0.4, 0.5) is 0 Å². The Morgan fingerprint density at radius 1 is 1.29 bits per heavy atom. The van der Waals surface area contributed by atoms with Gasteiger partial charge in [-0.25, -0.2) is 0 Å². The van der Waals surface area contributed by atoms with Crippen LogP contribution >= 0.6 is 0 Å². The van der Waals surface area contributed by atoms with Gasteiger partial charge in [-0.2, -0.15) is 4.98 Å². The molecule has 3 rings (SSSR count). The fourth-order valence-corrected chi connectivity index (χ4v) is 2.49. The van der Waals surface area contributed by atoms with Crippen LogP contribution in [0.5, 0.6) is 0 Å². The maximum absolute atomic E-state index is 4.79.